The number of aromatic nitrogens is 2. The van der Waals surface area contributed by atoms with Crippen LogP contribution in [0.5, 0.6) is 0 Å². The number of carbonyl (C=O) groups excluding carboxylic acids is 1. The lowest BCUT2D eigenvalue weighted by molar-refractivity contribution is -0.138. The Morgan fingerprint density at radius 1 is 1.18 bits per heavy atom. The Kier molecular flexibility index (Phi) is 5.21. The Balaban J connectivity index is 1.65. The zero-order valence-corrected chi connectivity index (χ0v) is 15.7. The van der Waals surface area contributed by atoms with E-state index < -0.39 is 5.97 Å². The quantitative estimate of drug-likeness (QED) is 0.818. The van der Waals surface area contributed by atoms with Crippen molar-refractivity contribution in [3.05, 3.63) is 34.2 Å². The second-order valence-electron chi connectivity index (χ2n) is 7.64. The topological polar surface area (TPSA) is 105 Å². The molecule has 1 saturated carbocycles. The zero-order chi connectivity index (χ0) is 19.7. The van der Waals surface area contributed by atoms with Crippen LogP contribution in [0.25, 0.3) is 11.0 Å². The maximum atomic E-state index is 13.1. The number of imidazole rings is 1. The summed E-state index contributed by atoms with van der Waals surface area (Å²) in [6.45, 7) is 0.691. The van der Waals surface area contributed by atoms with Gasteiger partial charge in [-0.15, -0.1) is 0 Å². The Bertz CT molecular complexity index is 935. The first-order valence-corrected chi connectivity index (χ1v) is 9.89. The molecule has 4 rings (SSSR count). The van der Waals surface area contributed by atoms with Crippen molar-refractivity contribution >= 4 is 22.9 Å². The molecular formula is C20H25N3O5. The smallest absolute Gasteiger partial charge is 0.326 e. The number of nitrogens with one attached hydrogen (secondary N) is 1. The van der Waals surface area contributed by atoms with Crippen LogP contribution in [0.2, 0.25) is 0 Å². The van der Waals surface area contributed by atoms with Crippen LogP contribution in [0.4, 0.5) is 0 Å². The molecule has 2 N–H and O–H groups in total. The average molecular weight is 387 g/mol. The van der Waals surface area contributed by atoms with Crippen LogP contribution in [0.3, 0.4) is 0 Å². The Hall–Kier alpha value is -2.61. The number of carboxylic acids is 1. The summed E-state index contributed by atoms with van der Waals surface area (Å²) in [5, 5.41) is 9.27. The Labute approximate surface area is 162 Å². The maximum Gasteiger partial charge on any atom is 0.326 e. The number of rotatable bonds is 5. The number of hydrogen-bond donors (Lipinski definition) is 2. The predicted octanol–water partition coefficient (Wildman–Crippen LogP) is 2.15. The van der Waals surface area contributed by atoms with Crippen LogP contribution in [0.15, 0.2) is 23.0 Å². The van der Waals surface area contributed by atoms with E-state index in [4.69, 9.17) is 4.74 Å². The highest BCUT2D eigenvalue weighted by atomic mass is 16.5. The molecule has 2 aliphatic rings. The van der Waals surface area contributed by atoms with Crippen molar-refractivity contribution in [1.29, 1.82) is 0 Å². The third kappa shape index (κ3) is 3.56. The van der Waals surface area contributed by atoms with Gasteiger partial charge in [-0.2, -0.15) is 0 Å². The summed E-state index contributed by atoms with van der Waals surface area (Å²) >= 11 is 0. The number of benzene rings is 1. The first-order valence-electron chi connectivity index (χ1n) is 9.89. The van der Waals surface area contributed by atoms with Gasteiger partial charge in [-0.3, -0.25) is 14.2 Å². The standard InChI is InChI=1S/C20H25N3O5/c24-18(25)12-22(14-7-9-28-10-8-14)19(26)13-5-6-17-16(11-13)21-20(27)23(17)15-3-1-2-4-15/h5-6,11,14-15H,1-4,7-10,12H2,(H,21,27)(H,24,25). The molecule has 1 aliphatic heterocycles. The predicted molar refractivity (Wildman–Crippen MR) is 103 cm³/mol. The number of carbonyl (C=O) groups is 2. The Morgan fingerprint density at radius 2 is 1.89 bits per heavy atom. The van der Waals surface area contributed by atoms with Crippen LogP contribution in [0.1, 0.15) is 54.9 Å². The molecule has 2 heterocycles. The number of carboxylic acid groups (broad SMARTS) is 1. The SMILES string of the molecule is O=C(O)CN(C(=O)c1ccc2c(c1)[nH]c(=O)n2C1CCCC1)C1CCOCC1. The van der Waals surface area contributed by atoms with Gasteiger partial charge in [0, 0.05) is 30.9 Å². The van der Waals surface area contributed by atoms with E-state index in [-0.39, 0.29) is 30.2 Å². The lowest BCUT2D eigenvalue weighted by Gasteiger charge is -2.33. The average Bonchev–Trinajstić information content (AvgIpc) is 3.32. The van der Waals surface area contributed by atoms with E-state index in [0.717, 1.165) is 31.2 Å². The van der Waals surface area contributed by atoms with E-state index in [1.165, 1.54) is 4.90 Å². The lowest BCUT2D eigenvalue weighted by atomic mass is 10.0. The van der Waals surface area contributed by atoms with Crippen molar-refractivity contribution in [2.75, 3.05) is 19.8 Å². The highest BCUT2D eigenvalue weighted by Gasteiger charge is 2.29. The van der Waals surface area contributed by atoms with Gasteiger partial charge in [-0.1, -0.05) is 12.8 Å². The number of ether oxygens (including phenoxy) is 1. The third-order valence-electron chi connectivity index (χ3n) is 5.85. The molecule has 0 spiro atoms. The van der Waals surface area contributed by atoms with Crippen LogP contribution in [0, 0.1) is 0 Å². The third-order valence-corrected chi connectivity index (χ3v) is 5.85. The lowest BCUT2D eigenvalue weighted by Crippen LogP contribution is -2.46. The summed E-state index contributed by atoms with van der Waals surface area (Å²) in [5.41, 5.74) is 1.65. The van der Waals surface area contributed by atoms with Gasteiger partial charge in [0.05, 0.1) is 11.0 Å². The van der Waals surface area contributed by atoms with Crippen molar-refractivity contribution in [2.45, 2.75) is 50.6 Å². The molecular weight excluding hydrogens is 362 g/mol. The summed E-state index contributed by atoms with van der Waals surface area (Å²) in [4.78, 5) is 41.1. The van der Waals surface area contributed by atoms with Crippen molar-refractivity contribution in [3.8, 4) is 0 Å². The zero-order valence-electron chi connectivity index (χ0n) is 15.7. The number of aromatic amines is 1. The largest absolute Gasteiger partial charge is 0.480 e. The molecule has 8 heteroatoms. The van der Waals surface area contributed by atoms with E-state index in [1.807, 2.05) is 0 Å². The van der Waals surface area contributed by atoms with Gasteiger partial charge >= 0.3 is 11.7 Å². The fraction of sp³-hybridized carbons (Fsp3) is 0.550. The summed E-state index contributed by atoms with van der Waals surface area (Å²) in [7, 11) is 0. The number of aliphatic carboxylic acids is 1. The second kappa shape index (κ2) is 7.79. The highest BCUT2D eigenvalue weighted by Crippen LogP contribution is 2.31. The molecule has 0 bridgehead atoms. The van der Waals surface area contributed by atoms with Gasteiger partial charge in [0.25, 0.3) is 5.91 Å². The summed E-state index contributed by atoms with van der Waals surface area (Å²) in [6, 6.07) is 5.20. The van der Waals surface area contributed by atoms with E-state index in [2.05, 4.69) is 4.98 Å². The summed E-state index contributed by atoms with van der Waals surface area (Å²) in [6.07, 6.45) is 5.46. The number of H-pyrrole nitrogens is 1. The maximum absolute atomic E-state index is 13.1. The monoisotopic (exact) mass is 387 g/mol. The normalized spacial score (nSPS) is 18.6. The van der Waals surface area contributed by atoms with E-state index in [1.54, 1.807) is 22.8 Å². The molecule has 1 amide bonds. The minimum absolute atomic E-state index is 0.154. The van der Waals surface area contributed by atoms with Gasteiger partial charge < -0.3 is 19.7 Å². The van der Waals surface area contributed by atoms with Crippen LogP contribution in [-0.4, -0.2) is 57.2 Å². The molecule has 150 valence electrons. The van der Waals surface area contributed by atoms with Crippen molar-refractivity contribution < 1.29 is 19.4 Å². The molecule has 28 heavy (non-hydrogen) atoms. The minimum atomic E-state index is -1.04. The van der Waals surface area contributed by atoms with Gasteiger partial charge in [0.2, 0.25) is 0 Å². The van der Waals surface area contributed by atoms with Crippen LogP contribution >= 0.6 is 0 Å². The van der Waals surface area contributed by atoms with Gasteiger partial charge in [0.15, 0.2) is 0 Å². The molecule has 0 atom stereocenters. The molecule has 8 nitrogen and oxygen atoms in total. The molecule has 2 aromatic rings. The van der Waals surface area contributed by atoms with Gasteiger partial charge in [-0.25, -0.2) is 4.79 Å². The minimum Gasteiger partial charge on any atom is -0.480 e. The molecule has 1 aromatic carbocycles. The molecule has 1 saturated heterocycles. The first kappa shape index (κ1) is 18.7. The van der Waals surface area contributed by atoms with E-state index >= 15 is 0 Å². The molecule has 1 aliphatic carbocycles. The highest BCUT2D eigenvalue weighted by molar-refractivity contribution is 5.98. The van der Waals surface area contributed by atoms with Gasteiger partial charge in [0.1, 0.15) is 6.54 Å². The van der Waals surface area contributed by atoms with Crippen molar-refractivity contribution in [1.82, 2.24) is 14.5 Å². The van der Waals surface area contributed by atoms with Crippen molar-refractivity contribution in [2.24, 2.45) is 0 Å². The van der Waals surface area contributed by atoms with E-state index in [0.29, 0.717) is 37.1 Å². The second-order valence-corrected chi connectivity index (χ2v) is 7.64. The fourth-order valence-electron chi connectivity index (χ4n) is 4.46. The first-order chi connectivity index (χ1) is 13.5. The van der Waals surface area contributed by atoms with Crippen molar-refractivity contribution in [3.63, 3.8) is 0 Å². The number of amides is 1. The number of nitrogens with zero attached hydrogens (tertiary/aromatic N) is 2. The van der Waals surface area contributed by atoms with Crippen LogP contribution in [-0.2, 0) is 9.53 Å². The number of fused-ring (bicyclic) bond motifs is 1. The molecule has 2 fully saturated rings. The summed E-state index contributed by atoms with van der Waals surface area (Å²) < 4.78 is 7.13. The van der Waals surface area contributed by atoms with Crippen LogP contribution < -0.4 is 5.69 Å². The Morgan fingerprint density at radius 3 is 2.57 bits per heavy atom. The number of hydrogen-bond acceptors (Lipinski definition) is 4. The molecule has 0 unspecified atom stereocenters. The summed E-state index contributed by atoms with van der Waals surface area (Å²) in [5.74, 6) is -1.37. The van der Waals surface area contributed by atoms with E-state index in [9.17, 15) is 19.5 Å². The fourth-order valence-corrected chi connectivity index (χ4v) is 4.46. The molecule has 0 radical (unpaired) electrons. The van der Waals surface area contributed by atoms with Gasteiger partial charge in [-0.05, 0) is 43.9 Å². The molecule has 1 aromatic heterocycles.